The zero-order valence-corrected chi connectivity index (χ0v) is 13.3. The van der Waals surface area contributed by atoms with Crippen LogP contribution in [0, 0.1) is 0 Å². The highest BCUT2D eigenvalue weighted by Gasteiger charge is 2.34. The van der Waals surface area contributed by atoms with Crippen LogP contribution in [0.25, 0.3) is 0 Å². The van der Waals surface area contributed by atoms with Gasteiger partial charge in [-0.15, -0.1) is 0 Å². The van der Waals surface area contributed by atoms with Gasteiger partial charge < -0.3 is 24.4 Å². The van der Waals surface area contributed by atoms with E-state index >= 15 is 0 Å². The predicted molar refractivity (Wildman–Crippen MR) is 76.6 cm³/mol. The molecule has 0 bridgehead atoms. The lowest BCUT2D eigenvalue weighted by Crippen LogP contribution is -2.43. The highest BCUT2D eigenvalue weighted by molar-refractivity contribution is 5.69. The van der Waals surface area contributed by atoms with Gasteiger partial charge in [0, 0.05) is 39.9 Å². The van der Waals surface area contributed by atoms with E-state index in [1.165, 1.54) is 0 Å². The number of amides is 1. The summed E-state index contributed by atoms with van der Waals surface area (Å²) in [6.45, 7) is 7.58. The summed E-state index contributed by atoms with van der Waals surface area (Å²) in [5.74, 6) is 0. The Morgan fingerprint density at radius 3 is 2.35 bits per heavy atom. The van der Waals surface area contributed by atoms with E-state index in [0.717, 1.165) is 12.8 Å². The molecule has 1 rings (SSSR count). The molecule has 1 aliphatic rings. The predicted octanol–water partition coefficient (Wildman–Crippen LogP) is 1.59. The zero-order valence-electron chi connectivity index (χ0n) is 13.3. The molecule has 1 amide bonds. The van der Waals surface area contributed by atoms with Crippen LogP contribution in [0.2, 0.25) is 0 Å². The van der Waals surface area contributed by atoms with Crippen LogP contribution in [0.3, 0.4) is 0 Å². The topological polar surface area (TPSA) is 60.0 Å². The number of nitrogens with zero attached hydrogens (tertiary/aromatic N) is 1. The molecule has 1 saturated carbocycles. The van der Waals surface area contributed by atoms with Crippen LogP contribution in [0.4, 0.5) is 4.79 Å². The van der Waals surface area contributed by atoms with E-state index in [0.29, 0.717) is 25.7 Å². The Morgan fingerprint density at radius 1 is 1.30 bits per heavy atom. The molecule has 0 aromatic carbocycles. The van der Waals surface area contributed by atoms with Crippen molar-refractivity contribution in [3.05, 3.63) is 0 Å². The standard InChI is InChI=1S/C14H28N2O4/c1-14(2,3)20-13(17)16(11-6-7-11)9-8-15-10-12(18-4)19-5/h11-12,15H,6-10H2,1-5H3. The molecule has 6 nitrogen and oxygen atoms in total. The Bertz CT molecular complexity index is 296. The van der Waals surface area contributed by atoms with E-state index in [-0.39, 0.29) is 12.4 Å². The highest BCUT2D eigenvalue weighted by atomic mass is 16.7. The molecule has 0 heterocycles. The number of hydrogen-bond donors (Lipinski definition) is 1. The van der Waals surface area contributed by atoms with Gasteiger partial charge in [0.1, 0.15) is 5.60 Å². The molecule has 0 atom stereocenters. The van der Waals surface area contributed by atoms with Gasteiger partial charge in [0.15, 0.2) is 6.29 Å². The summed E-state index contributed by atoms with van der Waals surface area (Å²) < 4.78 is 15.6. The third-order valence-corrected chi connectivity index (χ3v) is 2.98. The monoisotopic (exact) mass is 288 g/mol. The minimum Gasteiger partial charge on any atom is -0.444 e. The van der Waals surface area contributed by atoms with Crippen LogP contribution in [0.15, 0.2) is 0 Å². The lowest BCUT2D eigenvalue weighted by Gasteiger charge is -2.27. The summed E-state index contributed by atoms with van der Waals surface area (Å²) in [6, 6.07) is 0.340. The molecule has 1 N–H and O–H groups in total. The van der Waals surface area contributed by atoms with Gasteiger partial charge in [0.05, 0.1) is 0 Å². The van der Waals surface area contributed by atoms with Gasteiger partial charge in [-0.3, -0.25) is 0 Å². The van der Waals surface area contributed by atoms with Gasteiger partial charge in [-0.2, -0.15) is 0 Å². The minimum atomic E-state index is -0.450. The maximum Gasteiger partial charge on any atom is 0.410 e. The van der Waals surface area contributed by atoms with Gasteiger partial charge in [0.25, 0.3) is 0 Å². The Morgan fingerprint density at radius 2 is 1.90 bits per heavy atom. The summed E-state index contributed by atoms with van der Waals surface area (Å²) in [7, 11) is 3.21. The Kier molecular flexibility index (Phi) is 6.71. The summed E-state index contributed by atoms with van der Waals surface area (Å²) in [6.07, 6.45) is 1.65. The average Bonchev–Trinajstić information content (AvgIpc) is 3.16. The summed E-state index contributed by atoms with van der Waals surface area (Å²) in [5, 5.41) is 3.22. The van der Waals surface area contributed by atoms with E-state index in [9.17, 15) is 4.79 Å². The second-order valence-electron chi connectivity index (χ2n) is 6.01. The van der Waals surface area contributed by atoms with Crippen molar-refractivity contribution in [2.75, 3.05) is 33.9 Å². The van der Waals surface area contributed by atoms with Crippen molar-refractivity contribution < 1.29 is 19.0 Å². The van der Waals surface area contributed by atoms with Crippen molar-refractivity contribution in [3.8, 4) is 0 Å². The molecule has 0 aromatic heterocycles. The van der Waals surface area contributed by atoms with Crippen LogP contribution in [-0.2, 0) is 14.2 Å². The molecule has 0 aliphatic heterocycles. The molecule has 0 radical (unpaired) electrons. The number of ether oxygens (including phenoxy) is 3. The number of carbonyl (C=O) groups excluding carboxylic acids is 1. The van der Waals surface area contributed by atoms with Gasteiger partial charge in [-0.1, -0.05) is 0 Å². The number of nitrogens with one attached hydrogen (secondary N) is 1. The van der Waals surface area contributed by atoms with Gasteiger partial charge in [0.2, 0.25) is 0 Å². The van der Waals surface area contributed by atoms with E-state index in [4.69, 9.17) is 14.2 Å². The first-order chi connectivity index (χ1) is 9.37. The summed E-state index contributed by atoms with van der Waals surface area (Å²) in [5.41, 5.74) is -0.450. The Hall–Kier alpha value is -0.850. The smallest absolute Gasteiger partial charge is 0.410 e. The molecular weight excluding hydrogens is 260 g/mol. The maximum absolute atomic E-state index is 12.1. The first kappa shape index (κ1) is 17.2. The third-order valence-electron chi connectivity index (χ3n) is 2.98. The molecule has 1 fully saturated rings. The molecular formula is C14H28N2O4. The second kappa shape index (κ2) is 7.81. The van der Waals surface area contributed by atoms with Crippen molar-refractivity contribution in [2.24, 2.45) is 0 Å². The van der Waals surface area contributed by atoms with Crippen LogP contribution in [-0.4, -0.2) is 62.8 Å². The first-order valence-corrected chi connectivity index (χ1v) is 7.13. The van der Waals surface area contributed by atoms with E-state index in [1.807, 2.05) is 25.7 Å². The number of hydrogen-bond acceptors (Lipinski definition) is 5. The van der Waals surface area contributed by atoms with Crippen molar-refractivity contribution in [1.82, 2.24) is 10.2 Å². The van der Waals surface area contributed by atoms with Gasteiger partial charge in [-0.05, 0) is 33.6 Å². The minimum absolute atomic E-state index is 0.225. The fraction of sp³-hybridized carbons (Fsp3) is 0.929. The lowest BCUT2D eigenvalue weighted by molar-refractivity contribution is -0.0987. The fourth-order valence-corrected chi connectivity index (χ4v) is 1.81. The van der Waals surface area contributed by atoms with E-state index in [1.54, 1.807) is 14.2 Å². The first-order valence-electron chi connectivity index (χ1n) is 7.13. The largest absolute Gasteiger partial charge is 0.444 e. The van der Waals surface area contributed by atoms with Crippen LogP contribution < -0.4 is 5.32 Å². The normalized spacial score (nSPS) is 15.5. The summed E-state index contributed by atoms with van der Waals surface area (Å²) in [4.78, 5) is 13.9. The van der Waals surface area contributed by atoms with Crippen molar-refractivity contribution in [1.29, 1.82) is 0 Å². The van der Waals surface area contributed by atoms with Crippen molar-refractivity contribution in [2.45, 2.75) is 51.5 Å². The van der Waals surface area contributed by atoms with Crippen molar-refractivity contribution >= 4 is 6.09 Å². The zero-order chi connectivity index (χ0) is 15.2. The Balaban J connectivity index is 2.31. The maximum atomic E-state index is 12.1. The SMILES string of the molecule is COC(CNCCN(C(=O)OC(C)(C)C)C1CC1)OC. The number of carbonyl (C=O) groups is 1. The quantitative estimate of drug-likeness (QED) is 0.543. The third kappa shape index (κ3) is 6.54. The summed E-state index contributed by atoms with van der Waals surface area (Å²) >= 11 is 0. The van der Waals surface area contributed by atoms with Gasteiger partial charge >= 0.3 is 6.09 Å². The van der Waals surface area contributed by atoms with Gasteiger partial charge in [-0.25, -0.2) is 4.79 Å². The molecule has 1 aliphatic carbocycles. The van der Waals surface area contributed by atoms with Crippen LogP contribution in [0.1, 0.15) is 33.6 Å². The molecule has 0 saturated heterocycles. The molecule has 0 unspecified atom stereocenters. The average molecular weight is 288 g/mol. The van der Waals surface area contributed by atoms with Crippen LogP contribution in [0.5, 0.6) is 0 Å². The number of rotatable bonds is 8. The fourth-order valence-electron chi connectivity index (χ4n) is 1.81. The van der Waals surface area contributed by atoms with Crippen molar-refractivity contribution in [3.63, 3.8) is 0 Å². The Labute approximate surface area is 121 Å². The highest BCUT2D eigenvalue weighted by Crippen LogP contribution is 2.27. The number of methoxy groups -OCH3 is 2. The molecule has 0 spiro atoms. The molecule has 0 aromatic rings. The lowest BCUT2D eigenvalue weighted by atomic mass is 10.2. The molecule has 118 valence electrons. The van der Waals surface area contributed by atoms with E-state index < -0.39 is 5.60 Å². The van der Waals surface area contributed by atoms with Crippen LogP contribution >= 0.6 is 0 Å². The molecule has 6 heteroatoms. The van der Waals surface area contributed by atoms with E-state index in [2.05, 4.69) is 5.32 Å². The second-order valence-corrected chi connectivity index (χ2v) is 6.01. The molecule has 20 heavy (non-hydrogen) atoms.